The van der Waals surface area contributed by atoms with Gasteiger partial charge in [0.15, 0.2) is 0 Å². The Bertz CT molecular complexity index is 543. The average molecular weight is 313 g/mol. The molecule has 0 aliphatic rings. The lowest BCUT2D eigenvalue weighted by Crippen LogP contribution is -2.15. The molecule has 0 radical (unpaired) electrons. The Morgan fingerprint density at radius 3 is 2.61 bits per heavy atom. The molecular formula is C13H11BrF2N2. The molecule has 0 aliphatic carbocycles. The molecule has 1 heterocycles. The molecule has 94 valence electrons. The third-order valence-corrected chi connectivity index (χ3v) is 3.08. The first-order chi connectivity index (χ1) is 8.56. The molecule has 2 nitrogen and oxygen atoms in total. The number of benzene rings is 1. The minimum absolute atomic E-state index is 0.317. The van der Waals surface area contributed by atoms with Crippen LogP contribution in [0.3, 0.4) is 0 Å². The van der Waals surface area contributed by atoms with Gasteiger partial charge in [0.2, 0.25) is 0 Å². The van der Waals surface area contributed by atoms with Crippen LogP contribution in [-0.4, -0.2) is 4.98 Å². The Kier molecular flexibility index (Phi) is 4.04. The number of hydrogen-bond acceptors (Lipinski definition) is 2. The van der Waals surface area contributed by atoms with Crippen molar-refractivity contribution in [3.8, 4) is 0 Å². The van der Waals surface area contributed by atoms with Crippen molar-refractivity contribution in [1.82, 2.24) is 4.98 Å². The molecule has 0 amide bonds. The molecule has 0 spiro atoms. The van der Waals surface area contributed by atoms with Crippen molar-refractivity contribution in [2.45, 2.75) is 12.5 Å². The first-order valence-electron chi connectivity index (χ1n) is 5.37. The maximum Gasteiger partial charge on any atom is 0.141 e. The third-order valence-electron chi connectivity index (χ3n) is 2.59. The molecule has 1 atom stereocenters. The van der Waals surface area contributed by atoms with Crippen LogP contribution in [0.15, 0.2) is 41.0 Å². The Hall–Kier alpha value is -1.33. The van der Waals surface area contributed by atoms with Gasteiger partial charge in [0.25, 0.3) is 0 Å². The van der Waals surface area contributed by atoms with E-state index in [2.05, 4.69) is 20.9 Å². The summed E-state index contributed by atoms with van der Waals surface area (Å²) in [4.78, 5) is 3.89. The number of aromatic nitrogens is 1. The fourth-order valence-corrected chi connectivity index (χ4v) is 1.97. The summed E-state index contributed by atoms with van der Waals surface area (Å²) >= 11 is 3.19. The zero-order chi connectivity index (χ0) is 13.1. The van der Waals surface area contributed by atoms with Crippen molar-refractivity contribution >= 4 is 15.9 Å². The Labute approximate surface area is 112 Å². The van der Waals surface area contributed by atoms with Crippen LogP contribution in [0.2, 0.25) is 0 Å². The van der Waals surface area contributed by atoms with Gasteiger partial charge in [0.05, 0.1) is 17.9 Å². The number of hydrogen-bond donors (Lipinski definition) is 1. The number of nitrogens with two attached hydrogens (primary N) is 1. The van der Waals surface area contributed by atoms with E-state index in [1.807, 2.05) is 0 Å². The van der Waals surface area contributed by atoms with E-state index in [4.69, 9.17) is 5.73 Å². The zero-order valence-corrected chi connectivity index (χ0v) is 11.0. The van der Waals surface area contributed by atoms with Gasteiger partial charge in [-0.25, -0.2) is 8.78 Å². The third kappa shape index (κ3) is 3.11. The summed E-state index contributed by atoms with van der Waals surface area (Å²) in [6.45, 7) is 0. The predicted molar refractivity (Wildman–Crippen MR) is 68.9 cm³/mol. The van der Waals surface area contributed by atoms with E-state index in [9.17, 15) is 8.78 Å². The van der Waals surface area contributed by atoms with Crippen molar-refractivity contribution in [3.63, 3.8) is 0 Å². The van der Waals surface area contributed by atoms with Gasteiger partial charge in [0, 0.05) is 4.47 Å². The van der Waals surface area contributed by atoms with Crippen LogP contribution in [-0.2, 0) is 6.42 Å². The van der Waals surface area contributed by atoms with E-state index < -0.39 is 11.9 Å². The van der Waals surface area contributed by atoms with E-state index in [0.717, 1.165) is 6.20 Å². The summed E-state index contributed by atoms with van der Waals surface area (Å²) in [7, 11) is 0. The smallest absolute Gasteiger partial charge is 0.141 e. The van der Waals surface area contributed by atoms with Gasteiger partial charge in [-0.3, -0.25) is 4.98 Å². The van der Waals surface area contributed by atoms with E-state index in [-0.39, 0.29) is 5.82 Å². The Morgan fingerprint density at radius 2 is 2.00 bits per heavy atom. The van der Waals surface area contributed by atoms with Gasteiger partial charge in [-0.15, -0.1) is 0 Å². The van der Waals surface area contributed by atoms with Gasteiger partial charge in [-0.1, -0.05) is 22.0 Å². The van der Waals surface area contributed by atoms with E-state index in [1.54, 1.807) is 12.1 Å². The van der Waals surface area contributed by atoms with Gasteiger partial charge in [0.1, 0.15) is 11.6 Å². The standard InChI is InChI=1S/C13H11BrF2N2/c14-9-2-1-8(11(16)6-9)5-12(17)13-4-3-10(15)7-18-13/h1-4,6-7,12H,5,17H2. The first kappa shape index (κ1) is 13.1. The molecule has 1 unspecified atom stereocenters. The molecule has 0 fully saturated rings. The molecule has 0 saturated heterocycles. The summed E-state index contributed by atoms with van der Waals surface area (Å²) in [5.41, 5.74) is 6.97. The van der Waals surface area contributed by atoms with E-state index >= 15 is 0 Å². The van der Waals surface area contributed by atoms with Crippen molar-refractivity contribution in [2.75, 3.05) is 0 Å². The predicted octanol–water partition coefficient (Wildman–Crippen LogP) is 3.36. The fourth-order valence-electron chi connectivity index (χ4n) is 1.64. The summed E-state index contributed by atoms with van der Waals surface area (Å²) in [5, 5.41) is 0. The highest BCUT2D eigenvalue weighted by molar-refractivity contribution is 9.10. The monoisotopic (exact) mass is 312 g/mol. The maximum absolute atomic E-state index is 13.6. The molecule has 18 heavy (non-hydrogen) atoms. The van der Waals surface area contributed by atoms with Crippen LogP contribution in [0, 0.1) is 11.6 Å². The molecule has 1 aromatic heterocycles. The Balaban J connectivity index is 2.15. The molecule has 2 aromatic rings. The molecule has 0 saturated carbocycles. The SMILES string of the molecule is NC(Cc1ccc(Br)cc1F)c1ccc(F)cn1. The molecular weight excluding hydrogens is 302 g/mol. The van der Waals surface area contributed by atoms with Crippen molar-refractivity contribution < 1.29 is 8.78 Å². The highest BCUT2D eigenvalue weighted by Gasteiger charge is 2.12. The second kappa shape index (κ2) is 5.54. The van der Waals surface area contributed by atoms with Crippen LogP contribution in [0.1, 0.15) is 17.3 Å². The largest absolute Gasteiger partial charge is 0.322 e. The quantitative estimate of drug-likeness (QED) is 0.943. The minimum atomic E-state index is -0.457. The van der Waals surface area contributed by atoms with Crippen molar-refractivity contribution in [1.29, 1.82) is 0 Å². The Morgan fingerprint density at radius 1 is 1.22 bits per heavy atom. The first-order valence-corrected chi connectivity index (χ1v) is 6.16. The van der Waals surface area contributed by atoms with Crippen LogP contribution in [0.4, 0.5) is 8.78 Å². The van der Waals surface area contributed by atoms with Gasteiger partial charge < -0.3 is 5.73 Å². The molecule has 0 aliphatic heterocycles. The lowest BCUT2D eigenvalue weighted by atomic mass is 10.0. The normalized spacial score (nSPS) is 12.4. The highest BCUT2D eigenvalue weighted by Crippen LogP contribution is 2.20. The zero-order valence-electron chi connectivity index (χ0n) is 9.41. The van der Waals surface area contributed by atoms with Gasteiger partial charge >= 0.3 is 0 Å². The fraction of sp³-hybridized carbons (Fsp3) is 0.154. The van der Waals surface area contributed by atoms with Crippen LogP contribution < -0.4 is 5.73 Å². The second-order valence-electron chi connectivity index (χ2n) is 3.95. The number of nitrogens with zero attached hydrogens (tertiary/aromatic N) is 1. The van der Waals surface area contributed by atoms with Crippen LogP contribution in [0.5, 0.6) is 0 Å². The van der Waals surface area contributed by atoms with Crippen LogP contribution in [0.25, 0.3) is 0 Å². The number of rotatable bonds is 3. The average Bonchev–Trinajstić information content (AvgIpc) is 2.33. The van der Waals surface area contributed by atoms with Gasteiger partial charge in [-0.2, -0.15) is 0 Å². The lowest BCUT2D eigenvalue weighted by Gasteiger charge is -2.11. The summed E-state index contributed by atoms with van der Waals surface area (Å²) in [5.74, 6) is -0.734. The van der Waals surface area contributed by atoms with E-state index in [1.165, 1.54) is 18.2 Å². The number of halogens is 3. The van der Waals surface area contributed by atoms with Crippen molar-refractivity contribution in [2.24, 2.45) is 5.73 Å². The molecule has 5 heteroatoms. The van der Waals surface area contributed by atoms with E-state index in [0.29, 0.717) is 22.2 Å². The second-order valence-corrected chi connectivity index (χ2v) is 4.86. The summed E-state index contributed by atoms with van der Waals surface area (Å²) in [6.07, 6.45) is 1.42. The highest BCUT2D eigenvalue weighted by atomic mass is 79.9. The van der Waals surface area contributed by atoms with Crippen molar-refractivity contribution in [3.05, 3.63) is 63.9 Å². The van der Waals surface area contributed by atoms with Gasteiger partial charge in [-0.05, 0) is 36.2 Å². The molecule has 0 bridgehead atoms. The summed E-state index contributed by atoms with van der Waals surface area (Å²) in [6, 6.07) is 7.16. The molecule has 1 aromatic carbocycles. The molecule has 2 N–H and O–H groups in total. The summed E-state index contributed by atoms with van der Waals surface area (Å²) < 4.78 is 27.0. The molecule has 2 rings (SSSR count). The topological polar surface area (TPSA) is 38.9 Å². The lowest BCUT2D eigenvalue weighted by molar-refractivity contribution is 0.584. The maximum atomic E-state index is 13.6. The van der Waals surface area contributed by atoms with Crippen LogP contribution >= 0.6 is 15.9 Å². The minimum Gasteiger partial charge on any atom is -0.322 e. The number of pyridine rings is 1.